The molecule has 0 atom stereocenters. The Morgan fingerprint density at radius 1 is 1.38 bits per heavy atom. The van der Waals surface area contributed by atoms with Crippen LogP contribution in [-0.2, 0) is 4.74 Å². The first kappa shape index (κ1) is 15.9. The lowest BCUT2D eigenvalue weighted by Gasteiger charge is -2.12. The Hall–Kier alpha value is -1.53. The summed E-state index contributed by atoms with van der Waals surface area (Å²) in [7, 11) is 1.66. The standard InChI is InChI=1S/C15H20BrN3O2/c1-3-21-10-4-7-17-15-18-8-9-19(15)14-11-12(20-2)5-6-13(14)16/h5-6,8-9,11H,3-4,7,10H2,1-2H3,(H,17,18). The quantitative estimate of drug-likeness (QED) is 0.738. The van der Waals surface area contributed by atoms with Crippen LogP contribution in [0.25, 0.3) is 5.69 Å². The van der Waals surface area contributed by atoms with Gasteiger partial charge >= 0.3 is 0 Å². The van der Waals surface area contributed by atoms with Crippen molar-refractivity contribution in [2.75, 3.05) is 32.2 Å². The summed E-state index contributed by atoms with van der Waals surface area (Å²) in [5.41, 5.74) is 0.985. The van der Waals surface area contributed by atoms with Crippen LogP contribution in [-0.4, -0.2) is 36.4 Å². The summed E-state index contributed by atoms with van der Waals surface area (Å²) in [6.07, 6.45) is 4.64. The fourth-order valence-corrected chi connectivity index (χ4v) is 2.39. The van der Waals surface area contributed by atoms with Crippen molar-refractivity contribution in [1.82, 2.24) is 9.55 Å². The van der Waals surface area contributed by atoms with Crippen LogP contribution < -0.4 is 10.1 Å². The number of aromatic nitrogens is 2. The van der Waals surface area contributed by atoms with Crippen molar-refractivity contribution in [1.29, 1.82) is 0 Å². The van der Waals surface area contributed by atoms with Crippen LogP contribution >= 0.6 is 15.9 Å². The Morgan fingerprint density at radius 2 is 2.24 bits per heavy atom. The van der Waals surface area contributed by atoms with Gasteiger partial charge in [0.1, 0.15) is 5.75 Å². The average molecular weight is 354 g/mol. The van der Waals surface area contributed by atoms with E-state index in [9.17, 15) is 0 Å². The Morgan fingerprint density at radius 3 is 3.00 bits per heavy atom. The summed E-state index contributed by atoms with van der Waals surface area (Å²) in [4.78, 5) is 4.36. The molecule has 0 aliphatic rings. The third kappa shape index (κ3) is 4.22. The van der Waals surface area contributed by atoms with E-state index in [1.165, 1.54) is 0 Å². The van der Waals surface area contributed by atoms with Crippen LogP contribution in [0, 0.1) is 0 Å². The number of hydrogen-bond acceptors (Lipinski definition) is 4. The van der Waals surface area contributed by atoms with E-state index in [0.717, 1.165) is 48.0 Å². The van der Waals surface area contributed by atoms with Gasteiger partial charge in [-0.05, 0) is 41.4 Å². The van der Waals surface area contributed by atoms with Crippen molar-refractivity contribution in [2.24, 2.45) is 0 Å². The molecule has 0 bridgehead atoms. The van der Waals surface area contributed by atoms with Gasteiger partial charge in [-0.1, -0.05) is 0 Å². The Balaban J connectivity index is 2.09. The molecule has 1 heterocycles. The molecule has 6 heteroatoms. The highest BCUT2D eigenvalue weighted by Gasteiger charge is 2.09. The molecule has 1 N–H and O–H groups in total. The average Bonchev–Trinajstić information content (AvgIpc) is 2.96. The maximum atomic E-state index is 5.33. The monoisotopic (exact) mass is 353 g/mol. The Bertz CT molecular complexity index is 572. The van der Waals surface area contributed by atoms with Crippen molar-refractivity contribution in [3.8, 4) is 11.4 Å². The summed E-state index contributed by atoms with van der Waals surface area (Å²) < 4.78 is 13.6. The molecular weight excluding hydrogens is 334 g/mol. The minimum Gasteiger partial charge on any atom is -0.497 e. The summed E-state index contributed by atoms with van der Waals surface area (Å²) in [5.74, 6) is 1.62. The van der Waals surface area contributed by atoms with Crippen LogP contribution in [0.2, 0.25) is 0 Å². The number of methoxy groups -OCH3 is 1. The SMILES string of the molecule is CCOCCCNc1nccn1-c1cc(OC)ccc1Br. The molecule has 0 unspecified atom stereocenters. The van der Waals surface area contributed by atoms with Gasteiger partial charge in [-0.25, -0.2) is 4.98 Å². The van der Waals surface area contributed by atoms with Gasteiger partial charge in [-0.15, -0.1) is 0 Å². The maximum Gasteiger partial charge on any atom is 0.207 e. The van der Waals surface area contributed by atoms with E-state index in [0.29, 0.717) is 0 Å². The van der Waals surface area contributed by atoms with Crippen LogP contribution in [0.15, 0.2) is 35.1 Å². The molecule has 2 aromatic rings. The number of halogens is 1. The van der Waals surface area contributed by atoms with Gasteiger partial charge in [-0.3, -0.25) is 4.57 Å². The minimum absolute atomic E-state index is 0.755. The first-order valence-electron chi connectivity index (χ1n) is 6.95. The van der Waals surface area contributed by atoms with Crippen molar-refractivity contribution in [2.45, 2.75) is 13.3 Å². The van der Waals surface area contributed by atoms with E-state index in [1.54, 1.807) is 13.3 Å². The lowest BCUT2D eigenvalue weighted by atomic mass is 10.3. The second-order valence-corrected chi connectivity index (χ2v) is 5.27. The molecule has 5 nitrogen and oxygen atoms in total. The topological polar surface area (TPSA) is 48.3 Å². The predicted molar refractivity (Wildman–Crippen MR) is 87.4 cm³/mol. The third-order valence-electron chi connectivity index (χ3n) is 3.01. The number of nitrogens with one attached hydrogen (secondary N) is 1. The molecule has 21 heavy (non-hydrogen) atoms. The van der Waals surface area contributed by atoms with E-state index in [-0.39, 0.29) is 0 Å². The van der Waals surface area contributed by atoms with Gasteiger partial charge in [-0.2, -0.15) is 0 Å². The number of nitrogens with zero attached hydrogens (tertiary/aromatic N) is 2. The highest BCUT2D eigenvalue weighted by atomic mass is 79.9. The normalized spacial score (nSPS) is 10.6. The molecule has 0 fully saturated rings. The van der Waals surface area contributed by atoms with Gasteiger partial charge < -0.3 is 14.8 Å². The highest BCUT2D eigenvalue weighted by Crippen LogP contribution is 2.27. The number of hydrogen-bond donors (Lipinski definition) is 1. The van der Waals surface area contributed by atoms with E-state index < -0.39 is 0 Å². The molecule has 0 radical (unpaired) electrons. The van der Waals surface area contributed by atoms with Crippen LogP contribution in [0.3, 0.4) is 0 Å². The third-order valence-corrected chi connectivity index (χ3v) is 3.68. The molecule has 0 amide bonds. The lowest BCUT2D eigenvalue weighted by molar-refractivity contribution is 0.147. The van der Waals surface area contributed by atoms with Gasteiger partial charge in [0.25, 0.3) is 0 Å². The number of benzene rings is 1. The second kappa shape index (κ2) is 8.05. The second-order valence-electron chi connectivity index (χ2n) is 4.42. The van der Waals surface area contributed by atoms with E-state index in [2.05, 4.69) is 26.2 Å². The van der Waals surface area contributed by atoms with Crippen molar-refractivity contribution < 1.29 is 9.47 Å². The molecule has 0 saturated heterocycles. The zero-order chi connectivity index (χ0) is 15.1. The lowest BCUT2D eigenvalue weighted by Crippen LogP contribution is -2.10. The number of rotatable bonds is 8. The summed E-state index contributed by atoms with van der Waals surface area (Å²) in [6.45, 7) is 4.33. The van der Waals surface area contributed by atoms with E-state index >= 15 is 0 Å². The van der Waals surface area contributed by atoms with Gasteiger partial charge in [0.15, 0.2) is 0 Å². The van der Waals surface area contributed by atoms with E-state index in [1.807, 2.05) is 35.9 Å². The molecule has 0 aliphatic carbocycles. The molecule has 0 aliphatic heterocycles. The number of imidazole rings is 1. The van der Waals surface area contributed by atoms with Crippen LogP contribution in [0.4, 0.5) is 5.95 Å². The van der Waals surface area contributed by atoms with Crippen molar-refractivity contribution in [3.63, 3.8) is 0 Å². The molecule has 0 spiro atoms. The maximum absolute atomic E-state index is 5.33. The van der Waals surface area contributed by atoms with Gasteiger partial charge in [0.2, 0.25) is 5.95 Å². The fourth-order valence-electron chi connectivity index (χ4n) is 1.95. The molecule has 1 aromatic heterocycles. The zero-order valence-corrected chi connectivity index (χ0v) is 13.9. The van der Waals surface area contributed by atoms with Crippen molar-refractivity contribution >= 4 is 21.9 Å². The molecule has 2 rings (SSSR count). The first-order chi connectivity index (χ1) is 10.3. The first-order valence-corrected chi connectivity index (χ1v) is 7.74. The Kier molecular flexibility index (Phi) is 6.07. The van der Waals surface area contributed by atoms with Gasteiger partial charge in [0, 0.05) is 42.7 Å². The summed E-state index contributed by atoms with van der Waals surface area (Å²) >= 11 is 3.57. The van der Waals surface area contributed by atoms with Gasteiger partial charge in [0.05, 0.1) is 12.8 Å². The number of anilines is 1. The zero-order valence-electron chi connectivity index (χ0n) is 12.3. The minimum atomic E-state index is 0.755. The Labute approximate surface area is 133 Å². The summed E-state index contributed by atoms with van der Waals surface area (Å²) in [6, 6.07) is 5.85. The molecule has 0 saturated carbocycles. The van der Waals surface area contributed by atoms with Crippen LogP contribution in [0.5, 0.6) is 5.75 Å². The number of ether oxygens (including phenoxy) is 2. The fraction of sp³-hybridized carbons (Fsp3) is 0.400. The van der Waals surface area contributed by atoms with Crippen LogP contribution in [0.1, 0.15) is 13.3 Å². The molecule has 114 valence electrons. The smallest absolute Gasteiger partial charge is 0.207 e. The largest absolute Gasteiger partial charge is 0.497 e. The highest BCUT2D eigenvalue weighted by molar-refractivity contribution is 9.10. The van der Waals surface area contributed by atoms with Crippen molar-refractivity contribution in [3.05, 3.63) is 35.1 Å². The van der Waals surface area contributed by atoms with E-state index in [4.69, 9.17) is 9.47 Å². The molecular formula is C15H20BrN3O2. The predicted octanol–water partition coefficient (Wildman–Crippen LogP) is 3.48. The molecule has 1 aromatic carbocycles. The summed E-state index contributed by atoms with van der Waals surface area (Å²) in [5, 5.41) is 3.33.